The molecule has 8 heteroatoms. The SMILES string of the molecule is CC(C)c1ccccc1-c1nc2c(c(NCc3ccc(-c4nc(C(F)(F)F)cn4C(C)C)cc3)n1)CCC2. The lowest BCUT2D eigenvalue weighted by molar-refractivity contribution is -0.140. The summed E-state index contributed by atoms with van der Waals surface area (Å²) in [6, 6.07) is 15.6. The zero-order valence-corrected chi connectivity index (χ0v) is 22.1. The van der Waals surface area contributed by atoms with Gasteiger partial charge in [-0.3, -0.25) is 0 Å². The molecule has 0 aliphatic heterocycles. The Kier molecular flexibility index (Phi) is 6.99. The molecule has 0 atom stereocenters. The van der Waals surface area contributed by atoms with Gasteiger partial charge in [-0.2, -0.15) is 13.2 Å². The molecule has 0 saturated carbocycles. The van der Waals surface area contributed by atoms with Crippen molar-refractivity contribution in [2.75, 3.05) is 5.32 Å². The van der Waals surface area contributed by atoms with Crippen LogP contribution < -0.4 is 5.32 Å². The highest BCUT2D eigenvalue weighted by Crippen LogP contribution is 2.34. The van der Waals surface area contributed by atoms with Crippen LogP contribution in [0.15, 0.2) is 54.7 Å². The fourth-order valence-corrected chi connectivity index (χ4v) is 5.00. The quantitative estimate of drug-likeness (QED) is 0.270. The van der Waals surface area contributed by atoms with Crippen LogP contribution in [0.5, 0.6) is 0 Å². The van der Waals surface area contributed by atoms with Crippen LogP contribution in [0.25, 0.3) is 22.8 Å². The van der Waals surface area contributed by atoms with E-state index in [1.54, 1.807) is 4.57 Å². The molecule has 38 heavy (non-hydrogen) atoms. The lowest BCUT2D eigenvalue weighted by atomic mass is 9.96. The minimum Gasteiger partial charge on any atom is -0.366 e. The number of rotatable bonds is 7. The molecule has 4 aromatic rings. The van der Waals surface area contributed by atoms with E-state index in [1.165, 1.54) is 11.1 Å². The smallest absolute Gasteiger partial charge is 0.366 e. The summed E-state index contributed by atoms with van der Waals surface area (Å²) in [5.41, 5.74) is 5.33. The van der Waals surface area contributed by atoms with E-state index in [1.807, 2.05) is 50.2 Å². The number of alkyl halides is 3. The lowest BCUT2D eigenvalue weighted by Gasteiger charge is -2.16. The minimum atomic E-state index is -4.48. The average Bonchev–Trinajstić information content (AvgIpc) is 3.55. The van der Waals surface area contributed by atoms with Crippen LogP contribution in [0.1, 0.15) is 74.2 Å². The molecule has 2 aromatic carbocycles. The maximum atomic E-state index is 13.3. The monoisotopic (exact) mass is 519 g/mol. The molecule has 0 amide bonds. The fraction of sp³-hybridized carbons (Fsp3) is 0.367. The van der Waals surface area contributed by atoms with Gasteiger partial charge >= 0.3 is 6.18 Å². The van der Waals surface area contributed by atoms with Crippen molar-refractivity contribution in [3.63, 3.8) is 0 Å². The standard InChI is InChI=1S/C30H32F3N5/c1-18(2)22-8-5-6-9-23(22)28-35-25-11-7-10-24(25)27(37-28)34-16-20-12-14-21(15-13-20)29-36-26(30(31,32)33)17-38(29)19(3)4/h5-6,8-9,12-15,17-19H,7,10-11,16H2,1-4H3,(H,34,35,37). The molecule has 0 saturated heterocycles. The predicted octanol–water partition coefficient (Wildman–Crippen LogP) is 7.83. The van der Waals surface area contributed by atoms with Crippen molar-refractivity contribution in [2.24, 2.45) is 0 Å². The number of halogens is 3. The van der Waals surface area contributed by atoms with E-state index in [9.17, 15) is 13.2 Å². The molecule has 198 valence electrons. The van der Waals surface area contributed by atoms with E-state index in [-0.39, 0.29) is 6.04 Å². The van der Waals surface area contributed by atoms with Gasteiger partial charge in [0.2, 0.25) is 0 Å². The Morgan fingerprint density at radius 3 is 2.34 bits per heavy atom. The van der Waals surface area contributed by atoms with E-state index >= 15 is 0 Å². The van der Waals surface area contributed by atoms with Gasteiger partial charge < -0.3 is 9.88 Å². The molecule has 5 rings (SSSR count). The molecule has 0 bridgehead atoms. The summed E-state index contributed by atoms with van der Waals surface area (Å²) in [6.07, 6.45) is -0.445. The van der Waals surface area contributed by atoms with Gasteiger partial charge in [-0.25, -0.2) is 15.0 Å². The van der Waals surface area contributed by atoms with Crippen LogP contribution >= 0.6 is 0 Å². The van der Waals surface area contributed by atoms with Crippen LogP contribution in [0.2, 0.25) is 0 Å². The van der Waals surface area contributed by atoms with Gasteiger partial charge in [0.15, 0.2) is 11.5 Å². The minimum absolute atomic E-state index is 0.148. The lowest BCUT2D eigenvalue weighted by Crippen LogP contribution is -2.08. The van der Waals surface area contributed by atoms with Crippen LogP contribution in [-0.4, -0.2) is 19.5 Å². The highest BCUT2D eigenvalue weighted by Gasteiger charge is 2.35. The van der Waals surface area contributed by atoms with Crippen LogP contribution in [0.4, 0.5) is 19.0 Å². The van der Waals surface area contributed by atoms with Crippen LogP contribution in [0, 0.1) is 0 Å². The molecular weight excluding hydrogens is 487 g/mol. The Morgan fingerprint density at radius 2 is 1.66 bits per heavy atom. The summed E-state index contributed by atoms with van der Waals surface area (Å²) >= 11 is 0. The third kappa shape index (κ3) is 5.17. The molecule has 0 radical (unpaired) electrons. The second-order valence-corrected chi connectivity index (χ2v) is 10.4. The molecule has 1 aliphatic rings. The van der Waals surface area contributed by atoms with E-state index in [4.69, 9.17) is 9.97 Å². The third-order valence-electron chi connectivity index (χ3n) is 7.01. The Bertz CT molecular complexity index is 1440. The molecule has 1 N–H and O–H groups in total. The van der Waals surface area contributed by atoms with Crippen molar-refractivity contribution in [2.45, 2.75) is 71.6 Å². The van der Waals surface area contributed by atoms with Crippen LogP contribution in [0.3, 0.4) is 0 Å². The number of hydrogen-bond acceptors (Lipinski definition) is 4. The molecule has 0 spiro atoms. The Balaban J connectivity index is 1.40. The highest BCUT2D eigenvalue weighted by atomic mass is 19.4. The van der Waals surface area contributed by atoms with Crippen molar-refractivity contribution >= 4 is 5.82 Å². The number of imidazole rings is 1. The first-order valence-corrected chi connectivity index (χ1v) is 13.1. The van der Waals surface area contributed by atoms with Gasteiger partial charge in [0, 0.05) is 41.2 Å². The summed E-state index contributed by atoms with van der Waals surface area (Å²) in [4.78, 5) is 13.8. The van der Waals surface area contributed by atoms with E-state index in [2.05, 4.69) is 36.3 Å². The predicted molar refractivity (Wildman–Crippen MR) is 144 cm³/mol. The summed E-state index contributed by atoms with van der Waals surface area (Å²) in [7, 11) is 0. The van der Waals surface area contributed by atoms with E-state index in [0.717, 1.165) is 53.9 Å². The van der Waals surface area contributed by atoms with E-state index in [0.29, 0.717) is 23.9 Å². The summed E-state index contributed by atoms with van der Waals surface area (Å²) in [5, 5.41) is 3.51. The highest BCUT2D eigenvalue weighted by molar-refractivity contribution is 5.65. The Hall–Kier alpha value is -3.68. The first kappa shape index (κ1) is 25.9. The topological polar surface area (TPSA) is 55.6 Å². The van der Waals surface area contributed by atoms with Crippen molar-refractivity contribution < 1.29 is 13.2 Å². The Morgan fingerprint density at radius 1 is 0.921 bits per heavy atom. The summed E-state index contributed by atoms with van der Waals surface area (Å²) < 4.78 is 41.4. The van der Waals surface area contributed by atoms with Gasteiger partial charge in [-0.15, -0.1) is 0 Å². The van der Waals surface area contributed by atoms with Gasteiger partial charge in [-0.05, 0) is 50.2 Å². The second kappa shape index (κ2) is 10.2. The normalized spacial score (nSPS) is 13.4. The van der Waals surface area contributed by atoms with Gasteiger partial charge in [0.25, 0.3) is 0 Å². The van der Waals surface area contributed by atoms with Crippen molar-refractivity contribution in [3.05, 3.63) is 82.8 Å². The second-order valence-electron chi connectivity index (χ2n) is 10.4. The van der Waals surface area contributed by atoms with Gasteiger partial charge in [-0.1, -0.05) is 62.4 Å². The molecule has 0 unspecified atom stereocenters. The van der Waals surface area contributed by atoms with Crippen molar-refractivity contribution in [3.8, 4) is 22.8 Å². The molecule has 0 fully saturated rings. The van der Waals surface area contributed by atoms with Crippen LogP contribution in [-0.2, 0) is 25.6 Å². The number of nitrogens with one attached hydrogen (secondary N) is 1. The molecule has 1 aliphatic carbocycles. The molecular formula is C30H32F3N5. The Labute approximate surface area is 221 Å². The zero-order valence-electron chi connectivity index (χ0n) is 22.1. The first-order valence-electron chi connectivity index (χ1n) is 13.1. The zero-order chi connectivity index (χ0) is 27.0. The number of fused-ring (bicyclic) bond motifs is 1. The fourth-order valence-electron chi connectivity index (χ4n) is 5.00. The maximum Gasteiger partial charge on any atom is 0.434 e. The maximum absolute atomic E-state index is 13.3. The van der Waals surface area contributed by atoms with Crippen molar-refractivity contribution in [1.29, 1.82) is 0 Å². The third-order valence-corrected chi connectivity index (χ3v) is 7.01. The number of anilines is 1. The molecule has 2 aromatic heterocycles. The summed E-state index contributed by atoms with van der Waals surface area (Å²) in [5.74, 6) is 2.27. The summed E-state index contributed by atoms with van der Waals surface area (Å²) in [6.45, 7) is 8.58. The van der Waals surface area contributed by atoms with Gasteiger partial charge in [0.1, 0.15) is 11.6 Å². The number of aryl methyl sites for hydroxylation is 1. The van der Waals surface area contributed by atoms with Crippen molar-refractivity contribution in [1.82, 2.24) is 19.5 Å². The number of aromatic nitrogens is 4. The van der Waals surface area contributed by atoms with Gasteiger partial charge in [0.05, 0.1) is 0 Å². The molecule has 5 nitrogen and oxygen atoms in total. The number of benzene rings is 2. The largest absolute Gasteiger partial charge is 0.434 e. The average molecular weight is 520 g/mol. The number of nitrogens with zero attached hydrogens (tertiary/aromatic N) is 4. The first-order chi connectivity index (χ1) is 18.1. The van der Waals surface area contributed by atoms with E-state index < -0.39 is 11.9 Å². The number of hydrogen-bond donors (Lipinski definition) is 1. The molecule has 2 heterocycles.